The van der Waals surface area contributed by atoms with Gasteiger partial charge in [-0.05, 0) is 87.5 Å². The summed E-state index contributed by atoms with van der Waals surface area (Å²) in [6, 6.07) is 66.4. The Bertz CT molecular complexity index is 3080. The summed E-state index contributed by atoms with van der Waals surface area (Å²) in [5.41, 5.74) is 15.7. The van der Waals surface area contributed by atoms with Crippen LogP contribution in [0, 0.1) is 0 Å². The van der Waals surface area contributed by atoms with E-state index in [1.54, 1.807) is 11.3 Å². The summed E-state index contributed by atoms with van der Waals surface area (Å²) >= 11 is 3.65. The molecule has 0 saturated heterocycles. The van der Waals surface area contributed by atoms with Crippen LogP contribution >= 0.6 is 22.7 Å². The van der Waals surface area contributed by atoms with E-state index in [0.717, 1.165) is 33.1 Å². The molecule has 1 aliphatic rings. The Balaban J connectivity index is 1.08. The second-order valence-corrected chi connectivity index (χ2v) is 17.3. The highest BCUT2D eigenvalue weighted by Crippen LogP contribution is 2.51. The van der Waals surface area contributed by atoms with Crippen molar-refractivity contribution in [1.29, 1.82) is 0 Å². The molecule has 0 radical (unpaired) electrons. The summed E-state index contributed by atoms with van der Waals surface area (Å²) in [6.07, 6.45) is 0. The van der Waals surface area contributed by atoms with Crippen molar-refractivity contribution in [3.05, 3.63) is 193 Å². The maximum atomic E-state index is 5.36. The quantitative estimate of drug-likeness (QED) is 0.168. The minimum atomic E-state index is -0.0531. The van der Waals surface area contributed by atoms with Crippen LogP contribution in [0.25, 0.3) is 74.3 Å². The van der Waals surface area contributed by atoms with Crippen molar-refractivity contribution in [3.63, 3.8) is 0 Å². The molecule has 0 N–H and O–H groups in total. The van der Waals surface area contributed by atoms with Gasteiger partial charge in [0.1, 0.15) is 5.01 Å². The van der Waals surface area contributed by atoms with Crippen molar-refractivity contribution in [2.24, 2.45) is 0 Å². The highest BCUT2D eigenvalue weighted by Gasteiger charge is 2.35. The largest absolute Gasteiger partial charge is 0.310 e. The van der Waals surface area contributed by atoms with E-state index in [9.17, 15) is 0 Å². The van der Waals surface area contributed by atoms with Crippen molar-refractivity contribution < 1.29 is 0 Å². The smallest absolute Gasteiger partial charge is 0.124 e. The summed E-state index contributed by atoms with van der Waals surface area (Å²) in [5, 5.41) is 3.61. The van der Waals surface area contributed by atoms with Crippen LogP contribution in [0.2, 0.25) is 0 Å². The molecule has 11 rings (SSSR count). The Kier molecular flexibility index (Phi) is 7.60. The van der Waals surface area contributed by atoms with Gasteiger partial charge >= 0.3 is 0 Å². The molecule has 2 heterocycles. The number of benzene rings is 8. The molecule has 0 unspecified atom stereocenters. The first-order valence-corrected chi connectivity index (χ1v) is 20.8. The maximum Gasteiger partial charge on any atom is 0.124 e. The average Bonchev–Trinajstić information content (AvgIpc) is 3.91. The standard InChI is InChI=1S/C52H36N2S2/c1-52(2)43-19-11-9-17-40(43)42-31-39(29-30-44(42)52)54(37-25-21-34(22-26-37)33-13-5-3-6-14-33)38-27-23-35(24-28-38)48-49-41-18-10-12-20-45(41)55-46(49)32-47-50(48)53-51(56-47)36-15-7-4-8-16-36/h3-32H,1-2H3. The Morgan fingerprint density at radius 1 is 0.446 bits per heavy atom. The van der Waals surface area contributed by atoms with E-state index >= 15 is 0 Å². The monoisotopic (exact) mass is 752 g/mol. The van der Waals surface area contributed by atoms with Gasteiger partial charge in [-0.2, -0.15) is 0 Å². The summed E-state index contributed by atoms with van der Waals surface area (Å²) < 4.78 is 3.80. The van der Waals surface area contributed by atoms with E-state index < -0.39 is 0 Å². The van der Waals surface area contributed by atoms with Gasteiger partial charge in [0.05, 0.1) is 10.2 Å². The normalized spacial score (nSPS) is 13.0. The van der Waals surface area contributed by atoms with Crippen LogP contribution < -0.4 is 4.90 Å². The van der Waals surface area contributed by atoms with Crippen LogP contribution in [0.5, 0.6) is 0 Å². The van der Waals surface area contributed by atoms with E-state index in [1.807, 2.05) is 11.3 Å². The number of thiophene rings is 1. The van der Waals surface area contributed by atoms with Gasteiger partial charge < -0.3 is 4.90 Å². The minimum Gasteiger partial charge on any atom is -0.310 e. The van der Waals surface area contributed by atoms with Crippen molar-refractivity contribution in [2.45, 2.75) is 19.3 Å². The first kappa shape index (κ1) is 33.0. The molecule has 0 saturated carbocycles. The number of fused-ring (bicyclic) bond motifs is 7. The molecule has 0 spiro atoms. The molecular formula is C52H36N2S2. The van der Waals surface area contributed by atoms with E-state index in [0.29, 0.717) is 0 Å². The number of rotatable bonds is 6. The Morgan fingerprint density at radius 3 is 1.79 bits per heavy atom. The third-order valence-corrected chi connectivity index (χ3v) is 13.7. The van der Waals surface area contributed by atoms with Crippen molar-refractivity contribution in [3.8, 4) is 44.0 Å². The van der Waals surface area contributed by atoms with Crippen LogP contribution in [0.15, 0.2) is 182 Å². The lowest BCUT2D eigenvalue weighted by Crippen LogP contribution is -2.15. The number of aromatic nitrogens is 1. The fourth-order valence-electron chi connectivity index (χ4n) is 8.76. The fourth-order valence-corrected chi connectivity index (χ4v) is 11.0. The zero-order valence-corrected chi connectivity index (χ0v) is 32.7. The molecule has 266 valence electrons. The third-order valence-electron chi connectivity index (χ3n) is 11.5. The average molecular weight is 753 g/mol. The predicted octanol–water partition coefficient (Wildman–Crippen LogP) is 15.4. The Morgan fingerprint density at radius 2 is 1.04 bits per heavy atom. The van der Waals surface area contributed by atoms with Crippen molar-refractivity contribution in [2.75, 3.05) is 4.90 Å². The van der Waals surface area contributed by atoms with Gasteiger partial charge in [0.15, 0.2) is 0 Å². The van der Waals surface area contributed by atoms with Crippen LogP contribution in [-0.2, 0) is 5.41 Å². The summed E-state index contributed by atoms with van der Waals surface area (Å²) in [5.74, 6) is 0. The highest BCUT2D eigenvalue weighted by molar-refractivity contribution is 7.27. The predicted molar refractivity (Wildman–Crippen MR) is 241 cm³/mol. The molecule has 2 nitrogen and oxygen atoms in total. The van der Waals surface area contributed by atoms with Crippen LogP contribution in [0.4, 0.5) is 17.1 Å². The molecule has 0 fully saturated rings. The van der Waals surface area contributed by atoms with Gasteiger partial charge in [-0.15, -0.1) is 22.7 Å². The molecular weight excluding hydrogens is 717 g/mol. The molecule has 0 amide bonds. The molecule has 0 aliphatic heterocycles. The molecule has 2 aromatic heterocycles. The Hall–Kier alpha value is -6.33. The second-order valence-electron chi connectivity index (χ2n) is 15.2. The van der Waals surface area contributed by atoms with Gasteiger partial charge in [-0.1, -0.05) is 147 Å². The van der Waals surface area contributed by atoms with Crippen LogP contribution in [0.3, 0.4) is 0 Å². The van der Waals surface area contributed by atoms with Crippen LogP contribution in [-0.4, -0.2) is 4.98 Å². The lowest BCUT2D eigenvalue weighted by Gasteiger charge is -2.27. The molecule has 56 heavy (non-hydrogen) atoms. The Labute approximate surface area is 334 Å². The SMILES string of the molecule is CC1(C)c2ccccc2-c2cc(N(c3ccc(-c4ccccc4)cc3)c3ccc(-c4c5nc(-c6ccccc6)sc5cc5sc6ccccc6c45)cc3)ccc21. The number of hydrogen-bond acceptors (Lipinski definition) is 4. The maximum absolute atomic E-state index is 5.36. The summed E-state index contributed by atoms with van der Waals surface area (Å²) in [6.45, 7) is 4.69. The number of thiazole rings is 1. The zero-order chi connectivity index (χ0) is 37.4. The van der Waals surface area contributed by atoms with E-state index in [1.165, 1.54) is 69.4 Å². The molecule has 0 atom stereocenters. The zero-order valence-electron chi connectivity index (χ0n) is 31.0. The van der Waals surface area contributed by atoms with Crippen molar-refractivity contribution >= 4 is 70.1 Å². The lowest BCUT2D eigenvalue weighted by atomic mass is 9.82. The lowest BCUT2D eigenvalue weighted by molar-refractivity contribution is 0.660. The first-order valence-electron chi connectivity index (χ1n) is 19.1. The topological polar surface area (TPSA) is 16.1 Å². The highest BCUT2D eigenvalue weighted by atomic mass is 32.1. The van der Waals surface area contributed by atoms with Gasteiger partial charge in [-0.25, -0.2) is 4.98 Å². The number of anilines is 3. The molecule has 1 aliphatic carbocycles. The van der Waals surface area contributed by atoms with E-state index in [2.05, 4.69) is 201 Å². The summed E-state index contributed by atoms with van der Waals surface area (Å²) in [4.78, 5) is 7.76. The first-order chi connectivity index (χ1) is 27.5. The molecule has 10 aromatic rings. The molecule has 0 bridgehead atoms. The van der Waals surface area contributed by atoms with E-state index in [-0.39, 0.29) is 5.41 Å². The number of nitrogens with zero attached hydrogens (tertiary/aromatic N) is 2. The van der Waals surface area contributed by atoms with Gasteiger partial charge in [0, 0.05) is 53.8 Å². The van der Waals surface area contributed by atoms with Gasteiger partial charge in [0.25, 0.3) is 0 Å². The minimum absolute atomic E-state index is 0.0531. The fraction of sp³-hybridized carbons (Fsp3) is 0.0577. The van der Waals surface area contributed by atoms with Crippen LogP contribution in [0.1, 0.15) is 25.0 Å². The van der Waals surface area contributed by atoms with Gasteiger partial charge in [0.2, 0.25) is 0 Å². The van der Waals surface area contributed by atoms with Crippen molar-refractivity contribution in [1.82, 2.24) is 4.98 Å². The second kappa shape index (κ2) is 12.9. The third kappa shape index (κ3) is 5.25. The molecule has 4 heteroatoms. The molecule has 8 aromatic carbocycles. The van der Waals surface area contributed by atoms with Gasteiger partial charge in [-0.3, -0.25) is 0 Å². The number of hydrogen-bond donors (Lipinski definition) is 0. The summed E-state index contributed by atoms with van der Waals surface area (Å²) in [7, 11) is 0. The van der Waals surface area contributed by atoms with E-state index in [4.69, 9.17) is 4.98 Å².